The number of nitriles is 1. The van der Waals surface area contributed by atoms with Crippen LogP contribution in [0.15, 0.2) is 16.7 Å². The molecule has 0 bridgehead atoms. The lowest BCUT2D eigenvalue weighted by molar-refractivity contribution is 0.906. The van der Waals surface area contributed by atoms with Gasteiger partial charge in [0.1, 0.15) is 11.8 Å². The Balaban J connectivity index is 3.27. The van der Waals surface area contributed by atoms with Crippen molar-refractivity contribution in [2.24, 2.45) is 7.05 Å². The van der Waals surface area contributed by atoms with Gasteiger partial charge in [0.2, 0.25) is 0 Å². The van der Waals surface area contributed by atoms with Crippen molar-refractivity contribution >= 4 is 15.9 Å². The van der Waals surface area contributed by atoms with Crippen LogP contribution in [0, 0.1) is 11.3 Å². The molecule has 46 valence electrons. The van der Waals surface area contributed by atoms with Crippen LogP contribution in [-0.2, 0) is 7.05 Å². The van der Waals surface area contributed by atoms with Crippen LogP contribution in [0.4, 0.5) is 0 Å². The molecule has 0 saturated heterocycles. The van der Waals surface area contributed by atoms with Crippen LogP contribution in [0.5, 0.6) is 0 Å². The summed E-state index contributed by atoms with van der Waals surface area (Å²) in [5.74, 6) is 0. The molecule has 0 unspecified atom stereocenters. The fraction of sp³-hybridized carbons (Fsp3) is 0.167. The van der Waals surface area contributed by atoms with Gasteiger partial charge in [0, 0.05) is 13.2 Å². The van der Waals surface area contributed by atoms with Gasteiger partial charge in [-0.25, -0.2) is 0 Å². The van der Waals surface area contributed by atoms with E-state index in [4.69, 9.17) is 5.26 Å². The molecule has 0 aliphatic carbocycles. The average Bonchev–Trinajstić information content (AvgIpc) is 2.12. The van der Waals surface area contributed by atoms with Gasteiger partial charge in [0.15, 0.2) is 0 Å². The van der Waals surface area contributed by atoms with E-state index in [2.05, 4.69) is 22.0 Å². The molecule has 3 heteroatoms. The molecular weight excluding hydrogens is 180 g/mol. The molecule has 2 nitrogen and oxygen atoms in total. The third-order valence-corrected chi connectivity index (χ3v) is 1.77. The molecule has 9 heavy (non-hydrogen) atoms. The Labute approximate surface area is 61.8 Å². The van der Waals surface area contributed by atoms with E-state index in [1.165, 1.54) is 0 Å². The largest absolute Gasteiger partial charge is 0.342 e. The Morgan fingerprint density at radius 2 is 2.44 bits per heavy atom. The zero-order chi connectivity index (χ0) is 6.85. The normalized spacial score (nSPS) is 9.00. The van der Waals surface area contributed by atoms with Gasteiger partial charge in [0.25, 0.3) is 0 Å². The first-order chi connectivity index (χ1) is 4.25. The van der Waals surface area contributed by atoms with Gasteiger partial charge in [-0.2, -0.15) is 5.26 Å². The highest BCUT2D eigenvalue weighted by atomic mass is 79.9. The molecule has 1 aromatic heterocycles. The molecular formula is C6H5BrN2. The number of aryl methyl sites for hydroxylation is 1. The Bertz CT molecular complexity index is 237. The van der Waals surface area contributed by atoms with Crippen LogP contribution in [0.25, 0.3) is 0 Å². The smallest absolute Gasteiger partial charge is 0.134 e. The van der Waals surface area contributed by atoms with Crippen LogP contribution in [0.2, 0.25) is 0 Å². The van der Waals surface area contributed by atoms with Crippen LogP contribution in [-0.4, -0.2) is 4.57 Å². The van der Waals surface area contributed by atoms with E-state index in [9.17, 15) is 0 Å². The molecule has 0 fully saturated rings. The van der Waals surface area contributed by atoms with Crippen LogP contribution in [0.1, 0.15) is 5.69 Å². The van der Waals surface area contributed by atoms with Crippen molar-refractivity contribution in [3.05, 3.63) is 22.4 Å². The number of aromatic nitrogens is 1. The Morgan fingerprint density at radius 3 is 2.67 bits per heavy atom. The molecule has 1 rings (SSSR count). The molecule has 0 aliphatic rings. The Morgan fingerprint density at radius 1 is 1.78 bits per heavy atom. The summed E-state index contributed by atoms with van der Waals surface area (Å²) in [6, 6.07) is 3.91. The molecule has 0 N–H and O–H groups in total. The second kappa shape index (κ2) is 2.24. The van der Waals surface area contributed by atoms with Gasteiger partial charge in [-0.15, -0.1) is 0 Å². The fourth-order valence-electron chi connectivity index (χ4n) is 0.631. The van der Waals surface area contributed by atoms with Crippen molar-refractivity contribution in [1.29, 1.82) is 5.26 Å². The van der Waals surface area contributed by atoms with Crippen LogP contribution >= 0.6 is 15.9 Å². The monoisotopic (exact) mass is 184 g/mol. The number of halogens is 1. The lowest BCUT2D eigenvalue weighted by Gasteiger charge is -1.89. The second-order valence-corrected chi connectivity index (χ2v) is 2.59. The van der Waals surface area contributed by atoms with Crippen LogP contribution in [0.3, 0.4) is 0 Å². The third-order valence-electron chi connectivity index (χ3n) is 1.13. The molecule has 0 aromatic carbocycles. The Kier molecular flexibility index (Phi) is 1.58. The van der Waals surface area contributed by atoms with E-state index in [-0.39, 0.29) is 0 Å². The topological polar surface area (TPSA) is 28.7 Å². The summed E-state index contributed by atoms with van der Waals surface area (Å²) in [6.45, 7) is 0. The van der Waals surface area contributed by atoms with Gasteiger partial charge in [-0.1, -0.05) is 0 Å². The predicted molar refractivity (Wildman–Crippen MR) is 37.8 cm³/mol. The number of hydrogen-bond acceptors (Lipinski definition) is 1. The first-order valence-corrected chi connectivity index (χ1v) is 3.26. The maximum absolute atomic E-state index is 8.49. The SMILES string of the molecule is Cn1ccc(Br)c1C#N. The quantitative estimate of drug-likeness (QED) is 0.604. The summed E-state index contributed by atoms with van der Waals surface area (Å²) in [6.07, 6.45) is 1.84. The maximum Gasteiger partial charge on any atom is 0.134 e. The minimum atomic E-state index is 0.662. The van der Waals surface area contributed by atoms with E-state index < -0.39 is 0 Å². The molecule has 0 atom stereocenters. The molecule has 0 aliphatic heterocycles. The first-order valence-electron chi connectivity index (χ1n) is 2.46. The van der Waals surface area contributed by atoms with Gasteiger partial charge in [0.05, 0.1) is 4.47 Å². The van der Waals surface area contributed by atoms with Gasteiger partial charge in [-0.3, -0.25) is 0 Å². The summed E-state index contributed by atoms with van der Waals surface area (Å²) in [4.78, 5) is 0. The van der Waals surface area contributed by atoms with Gasteiger partial charge >= 0.3 is 0 Å². The Hall–Kier alpha value is -0.750. The summed E-state index contributed by atoms with van der Waals surface area (Å²) in [7, 11) is 1.84. The zero-order valence-electron chi connectivity index (χ0n) is 4.93. The lowest BCUT2D eigenvalue weighted by Crippen LogP contribution is -1.87. The van der Waals surface area contributed by atoms with Crippen molar-refractivity contribution in [2.45, 2.75) is 0 Å². The van der Waals surface area contributed by atoms with Crippen molar-refractivity contribution in [1.82, 2.24) is 4.57 Å². The first kappa shape index (κ1) is 6.37. The number of rotatable bonds is 0. The van der Waals surface area contributed by atoms with Gasteiger partial charge in [-0.05, 0) is 22.0 Å². The van der Waals surface area contributed by atoms with E-state index in [0.717, 1.165) is 4.47 Å². The molecule has 0 saturated carbocycles. The fourth-order valence-corrected chi connectivity index (χ4v) is 1.12. The predicted octanol–water partition coefficient (Wildman–Crippen LogP) is 1.66. The van der Waals surface area contributed by atoms with E-state index in [1.807, 2.05) is 19.3 Å². The van der Waals surface area contributed by atoms with E-state index in [0.29, 0.717) is 5.69 Å². The third kappa shape index (κ3) is 0.984. The van der Waals surface area contributed by atoms with Gasteiger partial charge < -0.3 is 4.57 Å². The summed E-state index contributed by atoms with van der Waals surface area (Å²) in [5, 5.41) is 8.49. The van der Waals surface area contributed by atoms with Crippen molar-refractivity contribution in [2.75, 3.05) is 0 Å². The summed E-state index contributed by atoms with van der Waals surface area (Å²) in [5.41, 5.74) is 0.662. The molecule has 0 spiro atoms. The zero-order valence-corrected chi connectivity index (χ0v) is 6.51. The minimum Gasteiger partial charge on any atom is -0.342 e. The molecule has 0 radical (unpaired) electrons. The highest BCUT2D eigenvalue weighted by Crippen LogP contribution is 2.14. The second-order valence-electron chi connectivity index (χ2n) is 1.73. The maximum atomic E-state index is 8.49. The highest BCUT2D eigenvalue weighted by molar-refractivity contribution is 9.10. The summed E-state index contributed by atoms with van der Waals surface area (Å²) < 4.78 is 2.62. The summed E-state index contributed by atoms with van der Waals surface area (Å²) >= 11 is 3.23. The highest BCUT2D eigenvalue weighted by Gasteiger charge is 1.99. The van der Waals surface area contributed by atoms with Crippen molar-refractivity contribution in [3.8, 4) is 6.07 Å². The van der Waals surface area contributed by atoms with Crippen molar-refractivity contribution < 1.29 is 0 Å². The number of hydrogen-bond donors (Lipinski definition) is 0. The standard InChI is InChI=1S/C6H5BrN2/c1-9-3-2-5(7)6(9)4-8/h2-3H,1H3. The van der Waals surface area contributed by atoms with E-state index in [1.54, 1.807) is 4.57 Å². The number of nitrogens with zero attached hydrogens (tertiary/aromatic N) is 2. The average molecular weight is 185 g/mol. The molecule has 1 heterocycles. The lowest BCUT2D eigenvalue weighted by atomic mass is 10.5. The van der Waals surface area contributed by atoms with E-state index >= 15 is 0 Å². The van der Waals surface area contributed by atoms with Crippen molar-refractivity contribution in [3.63, 3.8) is 0 Å². The minimum absolute atomic E-state index is 0.662. The molecule has 1 aromatic rings. The molecule has 0 amide bonds. The van der Waals surface area contributed by atoms with Crippen LogP contribution < -0.4 is 0 Å².